The van der Waals surface area contributed by atoms with Gasteiger partial charge in [-0.05, 0) is 159 Å². The molecule has 6 aromatic heterocycles. The van der Waals surface area contributed by atoms with Crippen LogP contribution in [0.25, 0.3) is 22.1 Å². The number of carbonyl (C=O) groups excluding carboxylic acids is 2. The Bertz CT molecular complexity index is 3600. The fraction of sp³-hybridized carbons (Fsp3) is 0.273. The quantitative estimate of drug-likeness (QED) is 0.0631. The Morgan fingerprint density at radius 1 is 0.464 bits per heavy atom. The summed E-state index contributed by atoms with van der Waals surface area (Å²) in [5, 5.41) is 24.7. The number of ether oxygens (including phenoxy) is 4. The van der Waals surface area contributed by atoms with Crippen LogP contribution in [0, 0.1) is 13.8 Å². The maximum absolute atomic E-state index is 12.8. The number of nitrogens with zero attached hydrogens (tertiary/aromatic N) is 8. The van der Waals surface area contributed by atoms with Crippen LogP contribution in [-0.2, 0) is 13.1 Å². The van der Waals surface area contributed by atoms with Crippen LogP contribution in [0.1, 0.15) is 107 Å². The molecule has 0 saturated heterocycles. The molecule has 428 valence electrons. The van der Waals surface area contributed by atoms with Crippen molar-refractivity contribution < 1.29 is 28.5 Å². The monoisotopic (exact) mass is 1120 g/mol. The summed E-state index contributed by atoms with van der Waals surface area (Å²) < 4.78 is 27.2. The summed E-state index contributed by atoms with van der Waals surface area (Å²) in [5.74, 6) is 6.27. The number of fused-ring (bicyclic) bond motifs is 2. The van der Waals surface area contributed by atoms with Gasteiger partial charge in [-0.3, -0.25) is 9.59 Å². The third-order valence-corrected chi connectivity index (χ3v) is 15.1. The van der Waals surface area contributed by atoms with Crippen LogP contribution in [0.15, 0.2) is 158 Å². The number of carbonyl (C=O) groups is 2. The summed E-state index contributed by atoms with van der Waals surface area (Å²) in [6.45, 7) is 5.03. The lowest BCUT2D eigenvalue weighted by molar-refractivity contribution is 0.101. The second-order valence-electron chi connectivity index (χ2n) is 21.3. The van der Waals surface area contributed by atoms with Crippen molar-refractivity contribution in [2.45, 2.75) is 103 Å². The number of hydrogen-bond donors (Lipinski definition) is 4. The number of aryl methyl sites for hydroxylation is 2. The average Bonchev–Trinajstić information content (AvgIpc) is 2.90. The summed E-state index contributed by atoms with van der Waals surface area (Å²) in [6, 6.07) is 42.0. The number of nitrogens with one attached hydrogen (secondary N) is 4. The van der Waals surface area contributed by atoms with Crippen LogP contribution < -0.4 is 40.2 Å². The molecule has 2 saturated carbocycles. The number of amides is 2. The topological polar surface area (TPSA) is 206 Å². The van der Waals surface area contributed by atoms with Crippen LogP contribution in [-0.4, -0.2) is 77.6 Å². The van der Waals surface area contributed by atoms with E-state index in [2.05, 4.69) is 31.2 Å². The number of rotatable bonds is 18. The van der Waals surface area contributed by atoms with Crippen molar-refractivity contribution in [3.8, 4) is 34.5 Å². The van der Waals surface area contributed by atoms with Gasteiger partial charge in [0.2, 0.25) is 0 Å². The Hall–Kier alpha value is -9.84. The molecule has 0 atom stereocenters. The van der Waals surface area contributed by atoms with Crippen LogP contribution in [0.5, 0.6) is 34.5 Å². The van der Waals surface area contributed by atoms with Gasteiger partial charge in [-0.2, -0.15) is 10.2 Å². The summed E-state index contributed by atoms with van der Waals surface area (Å²) >= 11 is 0. The highest BCUT2D eigenvalue weighted by molar-refractivity contribution is 6.04. The van der Waals surface area contributed by atoms with Crippen molar-refractivity contribution in [2.75, 3.05) is 35.5 Å². The van der Waals surface area contributed by atoms with Crippen molar-refractivity contribution in [1.29, 1.82) is 0 Å². The van der Waals surface area contributed by atoms with Gasteiger partial charge >= 0.3 is 0 Å². The van der Waals surface area contributed by atoms with E-state index in [9.17, 15) is 9.59 Å². The Kier molecular flexibility index (Phi) is 17.6. The SMILES string of the molecule is COc1ccc(Cn2nc(NC3CCCCC3)c3c(Oc4ccc(C(=O)Nc5cc(C)ccn5)cc4)ccnc32)cc1.COc1ccc(Cn2nc(NC3CCCCC3)c3c(Oc4ccc(C(=O)Nc5cc(C)ccn5)cc4)ccnc32)cc1. The van der Waals surface area contributed by atoms with Crippen LogP contribution in [0.3, 0.4) is 0 Å². The standard InChI is InChI=1S/2C33H34N6O3/c2*1-22-16-18-34-29(20-22)37-33(40)24-10-14-27(15-11-24)42-28-17-19-35-32-30(28)31(36-25-6-4-3-5-7-25)38-39(32)21-23-8-12-26(41-2)13-9-23/h2*8-20,25H,3-7,21H2,1-2H3,(H,36,38)(H,34,37,40). The van der Waals surface area contributed by atoms with Gasteiger partial charge in [0, 0.05) is 60.1 Å². The normalized spacial score (nSPS) is 13.6. The van der Waals surface area contributed by atoms with Gasteiger partial charge in [0.15, 0.2) is 22.9 Å². The third kappa shape index (κ3) is 13.9. The Balaban J connectivity index is 0.000000175. The first-order valence-corrected chi connectivity index (χ1v) is 28.6. The molecule has 0 bridgehead atoms. The Morgan fingerprint density at radius 2 is 0.833 bits per heavy atom. The molecule has 10 aromatic rings. The molecule has 18 heteroatoms. The average molecular weight is 1130 g/mol. The van der Waals surface area contributed by atoms with E-state index in [1.54, 1.807) is 87.5 Å². The molecule has 84 heavy (non-hydrogen) atoms. The second kappa shape index (κ2) is 26.4. The molecule has 0 unspecified atom stereocenters. The highest BCUT2D eigenvalue weighted by Crippen LogP contribution is 2.38. The Labute approximate surface area is 488 Å². The maximum Gasteiger partial charge on any atom is 0.256 e. The van der Waals surface area contributed by atoms with Crippen molar-refractivity contribution in [3.63, 3.8) is 0 Å². The van der Waals surface area contributed by atoms with Gasteiger partial charge in [0.1, 0.15) is 56.9 Å². The molecule has 0 radical (unpaired) electrons. The highest BCUT2D eigenvalue weighted by Gasteiger charge is 2.24. The second-order valence-corrected chi connectivity index (χ2v) is 21.3. The molecule has 6 heterocycles. The summed E-state index contributed by atoms with van der Waals surface area (Å²) in [5.41, 5.74) is 6.73. The summed E-state index contributed by atoms with van der Waals surface area (Å²) in [7, 11) is 3.33. The number of methoxy groups -OCH3 is 2. The zero-order valence-electron chi connectivity index (χ0n) is 47.7. The lowest BCUT2D eigenvalue weighted by atomic mass is 9.95. The molecule has 4 N–H and O–H groups in total. The first-order valence-electron chi connectivity index (χ1n) is 28.6. The maximum atomic E-state index is 12.8. The van der Waals surface area contributed by atoms with Crippen molar-refractivity contribution in [2.24, 2.45) is 0 Å². The van der Waals surface area contributed by atoms with E-state index >= 15 is 0 Å². The van der Waals surface area contributed by atoms with Gasteiger partial charge in [-0.15, -0.1) is 0 Å². The lowest BCUT2D eigenvalue weighted by Gasteiger charge is -2.22. The Morgan fingerprint density at radius 3 is 1.20 bits per heavy atom. The zero-order chi connectivity index (χ0) is 57.8. The van der Waals surface area contributed by atoms with Gasteiger partial charge in [0.05, 0.1) is 27.3 Å². The number of benzene rings is 4. The number of pyridine rings is 4. The molecular weight excluding hydrogens is 1060 g/mol. The minimum Gasteiger partial charge on any atom is -0.497 e. The minimum atomic E-state index is -0.232. The van der Waals surface area contributed by atoms with Crippen LogP contribution in [0.4, 0.5) is 23.3 Å². The van der Waals surface area contributed by atoms with Gasteiger partial charge in [-0.1, -0.05) is 62.8 Å². The van der Waals surface area contributed by atoms with E-state index in [4.69, 9.17) is 39.1 Å². The summed E-state index contributed by atoms with van der Waals surface area (Å²) in [6.07, 6.45) is 18.7. The van der Waals surface area contributed by atoms with Crippen molar-refractivity contribution >= 4 is 57.2 Å². The first kappa shape index (κ1) is 56.0. The summed E-state index contributed by atoms with van der Waals surface area (Å²) in [4.78, 5) is 43.4. The largest absolute Gasteiger partial charge is 0.497 e. The van der Waals surface area contributed by atoms with E-state index in [0.29, 0.717) is 70.9 Å². The van der Waals surface area contributed by atoms with E-state index in [0.717, 1.165) is 93.1 Å². The third-order valence-electron chi connectivity index (χ3n) is 15.1. The first-order chi connectivity index (χ1) is 41.1. The highest BCUT2D eigenvalue weighted by atomic mass is 16.5. The van der Waals surface area contributed by atoms with Gasteiger partial charge in [0.25, 0.3) is 11.8 Å². The minimum absolute atomic E-state index is 0.232. The fourth-order valence-electron chi connectivity index (χ4n) is 10.6. The van der Waals surface area contributed by atoms with Gasteiger partial charge in [-0.25, -0.2) is 29.3 Å². The fourth-order valence-corrected chi connectivity index (χ4v) is 10.6. The van der Waals surface area contributed by atoms with Crippen LogP contribution in [0.2, 0.25) is 0 Å². The van der Waals surface area contributed by atoms with Crippen LogP contribution >= 0.6 is 0 Å². The van der Waals surface area contributed by atoms with E-state index in [-0.39, 0.29) is 11.8 Å². The molecule has 2 amide bonds. The van der Waals surface area contributed by atoms with Crippen molar-refractivity contribution in [3.05, 3.63) is 192 Å². The van der Waals surface area contributed by atoms with E-state index in [1.807, 2.05) is 108 Å². The molecule has 2 fully saturated rings. The van der Waals surface area contributed by atoms with Crippen molar-refractivity contribution in [1.82, 2.24) is 39.5 Å². The molecule has 2 aliphatic rings. The van der Waals surface area contributed by atoms with E-state index in [1.165, 1.54) is 38.5 Å². The molecule has 0 aliphatic heterocycles. The predicted octanol–water partition coefficient (Wildman–Crippen LogP) is 14.0. The lowest BCUT2D eigenvalue weighted by Crippen LogP contribution is -2.22. The predicted molar refractivity (Wildman–Crippen MR) is 327 cm³/mol. The number of aromatic nitrogens is 8. The number of hydrogen-bond acceptors (Lipinski definition) is 14. The number of anilines is 4. The molecule has 0 spiro atoms. The molecule has 12 rings (SSSR count). The smallest absolute Gasteiger partial charge is 0.256 e. The van der Waals surface area contributed by atoms with Gasteiger partial charge < -0.3 is 40.2 Å². The molecule has 4 aromatic carbocycles. The molecule has 2 aliphatic carbocycles. The van der Waals surface area contributed by atoms with E-state index < -0.39 is 0 Å². The molecule has 18 nitrogen and oxygen atoms in total. The molecular formula is C66H68N12O6. The zero-order valence-corrected chi connectivity index (χ0v) is 47.7.